The summed E-state index contributed by atoms with van der Waals surface area (Å²) in [7, 11) is 0. The third-order valence-corrected chi connectivity index (χ3v) is 7.37. The number of likely N-dealkylation sites (tertiary alicyclic amines) is 1. The van der Waals surface area contributed by atoms with E-state index in [2.05, 4.69) is 20.2 Å². The largest absolute Gasteiger partial charge is 0.355 e. The molecular formula is C20H30N4O. The van der Waals surface area contributed by atoms with Gasteiger partial charge in [0.05, 0.1) is 6.54 Å². The number of amides is 1. The van der Waals surface area contributed by atoms with Crippen molar-refractivity contribution in [3.63, 3.8) is 0 Å². The van der Waals surface area contributed by atoms with Crippen molar-refractivity contribution in [2.75, 3.05) is 19.6 Å². The van der Waals surface area contributed by atoms with Gasteiger partial charge in [0, 0.05) is 30.9 Å². The van der Waals surface area contributed by atoms with Crippen LogP contribution in [0.25, 0.3) is 0 Å². The Balaban J connectivity index is 1.14. The molecule has 136 valence electrons. The first-order valence-electron chi connectivity index (χ1n) is 10.2. The fourth-order valence-electron chi connectivity index (χ4n) is 6.63. The molecule has 0 unspecified atom stereocenters. The zero-order valence-electron chi connectivity index (χ0n) is 15.0. The fraction of sp³-hybridized carbons (Fsp3) is 0.800. The minimum atomic E-state index is 0.00120. The van der Waals surface area contributed by atoms with Gasteiger partial charge in [-0.3, -0.25) is 9.69 Å². The van der Waals surface area contributed by atoms with Gasteiger partial charge >= 0.3 is 0 Å². The number of imidazole rings is 1. The first kappa shape index (κ1) is 15.9. The molecule has 1 aliphatic heterocycles. The second kappa shape index (κ2) is 6.11. The van der Waals surface area contributed by atoms with Gasteiger partial charge in [-0.05, 0) is 75.2 Å². The summed E-state index contributed by atoms with van der Waals surface area (Å²) in [4.78, 5) is 23.0. The Morgan fingerprint density at radius 2 is 1.96 bits per heavy atom. The Morgan fingerprint density at radius 1 is 1.24 bits per heavy atom. The smallest absolute Gasteiger partial charge is 0.226 e. The van der Waals surface area contributed by atoms with Crippen LogP contribution in [-0.2, 0) is 11.3 Å². The van der Waals surface area contributed by atoms with E-state index < -0.39 is 0 Å². The molecule has 5 nitrogen and oxygen atoms in total. The molecule has 1 atom stereocenters. The van der Waals surface area contributed by atoms with Crippen molar-refractivity contribution in [3.05, 3.63) is 18.2 Å². The van der Waals surface area contributed by atoms with Gasteiger partial charge in [-0.25, -0.2) is 4.98 Å². The molecule has 5 aliphatic rings. The molecule has 4 saturated carbocycles. The highest BCUT2D eigenvalue weighted by atomic mass is 16.2. The Bertz CT molecular complexity index is 590. The lowest BCUT2D eigenvalue weighted by molar-refractivity contribution is -0.146. The maximum atomic E-state index is 13.1. The van der Waals surface area contributed by atoms with E-state index in [9.17, 15) is 4.79 Å². The summed E-state index contributed by atoms with van der Waals surface area (Å²) in [6.45, 7) is 3.93. The quantitative estimate of drug-likeness (QED) is 0.864. The topological polar surface area (TPSA) is 61.0 Å². The van der Waals surface area contributed by atoms with Gasteiger partial charge in [0.2, 0.25) is 5.91 Å². The SMILES string of the molecule is O=C(NC[C@H]1CCN(Cc2ncc[nH]2)C1)C12CC3CC(CC(C3)C1)C2. The first-order chi connectivity index (χ1) is 12.2. The lowest BCUT2D eigenvalue weighted by Crippen LogP contribution is -2.54. The normalized spacial score (nSPS) is 39.8. The predicted octanol–water partition coefficient (Wildman–Crippen LogP) is 2.56. The van der Waals surface area contributed by atoms with E-state index in [1.54, 1.807) is 0 Å². The van der Waals surface area contributed by atoms with Crippen molar-refractivity contribution < 1.29 is 4.79 Å². The van der Waals surface area contributed by atoms with Crippen molar-refractivity contribution in [3.8, 4) is 0 Å². The van der Waals surface area contributed by atoms with Crippen LogP contribution in [0.3, 0.4) is 0 Å². The predicted molar refractivity (Wildman–Crippen MR) is 95.6 cm³/mol. The average molecular weight is 342 g/mol. The van der Waals surface area contributed by atoms with Crippen LogP contribution < -0.4 is 5.32 Å². The molecule has 25 heavy (non-hydrogen) atoms. The van der Waals surface area contributed by atoms with Crippen LogP contribution in [0.2, 0.25) is 0 Å². The lowest BCUT2D eigenvalue weighted by atomic mass is 9.49. The van der Waals surface area contributed by atoms with Crippen molar-refractivity contribution in [1.82, 2.24) is 20.2 Å². The molecule has 1 amide bonds. The Kier molecular flexibility index (Phi) is 3.88. The third-order valence-electron chi connectivity index (χ3n) is 7.37. The summed E-state index contributed by atoms with van der Waals surface area (Å²) in [5.41, 5.74) is 0.00120. The average Bonchev–Trinajstić information content (AvgIpc) is 3.24. The molecule has 2 N–H and O–H groups in total. The molecule has 0 radical (unpaired) electrons. The van der Waals surface area contributed by atoms with Crippen LogP contribution in [0.1, 0.15) is 50.8 Å². The monoisotopic (exact) mass is 342 g/mol. The van der Waals surface area contributed by atoms with Crippen LogP contribution in [0.15, 0.2) is 12.4 Å². The number of aromatic nitrogens is 2. The summed E-state index contributed by atoms with van der Waals surface area (Å²) < 4.78 is 0. The third kappa shape index (κ3) is 3.01. The zero-order chi connectivity index (χ0) is 16.9. The number of carbonyl (C=O) groups excluding carboxylic acids is 1. The molecule has 1 aromatic heterocycles. The number of H-pyrrole nitrogens is 1. The molecule has 2 heterocycles. The summed E-state index contributed by atoms with van der Waals surface area (Å²) in [5, 5.41) is 3.37. The van der Waals surface area contributed by atoms with Gasteiger partial charge in [0.25, 0.3) is 0 Å². The molecular weight excluding hydrogens is 312 g/mol. The van der Waals surface area contributed by atoms with E-state index in [-0.39, 0.29) is 5.41 Å². The molecule has 4 bridgehead atoms. The molecule has 1 aromatic rings. The van der Waals surface area contributed by atoms with E-state index in [0.717, 1.165) is 49.8 Å². The molecule has 4 aliphatic carbocycles. The van der Waals surface area contributed by atoms with Crippen LogP contribution in [0, 0.1) is 29.1 Å². The van der Waals surface area contributed by atoms with Crippen LogP contribution >= 0.6 is 0 Å². The van der Waals surface area contributed by atoms with E-state index in [1.165, 1.54) is 44.9 Å². The minimum absolute atomic E-state index is 0.00120. The van der Waals surface area contributed by atoms with Crippen LogP contribution in [0.5, 0.6) is 0 Å². The van der Waals surface area contributed by atoms with Crippen molar-refractivity contribution in [2.45, 2.75) is 51.5 Å². The van der Waals surface area contributed by atoms with Gasteiger partial charge in [0.15, 0.2) is 0 Å². The van der Waals surface area contributed by atoms with Crippen molar-refractivity contribution in [2.24, 2.45) is 29.1 Å². The van der Waals surface area contributed by atoms with Gasteiger partial charge < -0.3 is 10.3 Å². The maximum absolute atomic E-state index is 13.1. The Hall–Kier alpha value is -1.36. The summed E-state index contributed by atoms with van der Waals surface area (Å²) in [6, 6.07) is 0. The van der Waals surface area contributed by atoms with Crippen molar-refractivity contribution in [1.29, 1.82) is 0 Å². The molecule has 6 rings (SSSR count). The summed E-state index contributed by atoms with van der Waals surface area (Å²) in [6.07, 6.45) is 12.6. The second-order valence-corrected chi connectivity index (χ2v) is 9.33. The molecule has 0 spiro atoms. The van der Waals surface area contributed by atoms with Gasteiger partial charge in [-0.15, -0.1) is 0 Å². The molecule has 0 aromatic carbocycles. The molecule has 1 saturated heterocycles. The zero-order valence-corrected chi connectivity index (χ0v) is 15.0. The van der Waals surface area contributed by atoms with Gasteiger partial charge in [0.1, 0.15) is 5.82 Å². The van der Waals surface area contributed by atoms with Gasteiger partial charge in [-0.2, -0.15) is 0 Å². The number of hydrogen-bond acceptors (Lipinski definition) is 3. The lowest BCUT2D eigenvalue weighted by Gasteiger charge is -2.55. The molecule has 5 fully saturated rings. The number of rotatable bonds is 5. The first-order valence-corrected chi connectivity index (χ1v) is 10.2. The van der Waals surface area contributed by atoms with Gasteiger partial charge in [-0.1, -0.05) is 0 Å². The summed E-state index contributed by atoms with van der Waals surface area (Å²) >= 11 is 0. The highest BCUT2D eigenvalue weighted by Gasteiger charge is 2.54. The van der Waals surface area contributed by atoms with E-state index in [4.69, 9.17) is 0 Å². The Morgan fingerprint density at radius 3 is 2.60 bits per heavy atom. The standard InChI is InChI=1S/C20H30N4O/c25-19(20-8-15-5-16(9-20)7-17(6-15)10-20)23-11-14-1-4-24(12-14)13-18-21-2-3-22-18/h2-3,14-17H,1,4-13H2,(H,21,22)(H,23,25)/t14-,15?,16?,17?,20?/m1/s1. The summed E-state index contributed by atoms with van der Waals surface area (Å²) in [5.74, 6) is 4.54. The minimum Gasteiger partial charge on any atom is -0.355 e. The van der Waals surface area contributed by atoms with Crippen molar-refractivity contribution >= 4 is 5.91 Å². The van der Waals surface area contributed by atoms with E-state index >= 15 is 0 Å². The second-order valence-electron chi connectivity index (χ2n) is 9.33. The van der Waals surface area contributed by atoms with Crippen LogP contribution in [-0.4, -0.2) is 40.4 Å². The Labute approximate surface area is 150 Å². The van der Waals surface area contributed by atoms with E-state index in [1.807, 2.05) is 12.4 Å². The van der Waals surface area contributed by atoms with Crippen LogP contribution in [0.4, 0.5) is 0 Å². The number of nitrogens with one attached hydrogen (secondary N) is 2. The number of carbonyl (C=O) groups is 1. The maximum Gasteiger partial charge on any atom is 0.226 e. The number of aromatic amines is 1. The number of hydrogen-bond donors (Lipinski definition) is 2. The fourth-order valence-corrected chi connectivity index (χ4v) is 6.63. The molecule has 5 heteroatoms. The number of nitrogens with zero attached hydrogens (tertiary/aromatic N) is 2. The van der Waals surface area contributed by atoms with E-state index in [0.29, 0.717) is 11.8 Å². The highest BCUT2D eigenvalue weighted by molar-refractivity contribution is 5.83. The highest BCUT2D eigenvalue weighted by Crippen LogP contribution is 2.60.